The van der Waals surface area contributed by atoms with Crippen LogP contribution in [-0.2, 0) is 14.6 Å². The molecule has 2 saturated heterocycles. The molecule has 7 heteroatoms. The van der Waals surface area contributed by atoms with Gasteiger partial charge in [-0.15, -0.1) is 0 Å². The second-order valence-electron chi connectivity index (χ2n) is 7.94. The zero-order valence-corrected chi connectivity index (χ0v) is 15.3. The Balaban J connectivity index is 1.41. The number of aliphatic imine (C=N–C) groups is 1. The number of nitrogens with zero attached hydrogens (tertiary/aromatic N) is 1. The summed E-state index contributed by atoms with van der Waals surface area (Å²) in [6.45, 7) is 4.37. The van der Waals surface area contributed by atoms with Gasteiger partial charge < -0.3 is 15.4 Å². The van der Waals surface area contributed by atoms with Crippen molar-refractivity contribution in [2.45, 2.75) is 51.2 Å². The summed E-state index contributed by atoms with van der Waals surface area (Å²) in [4.78, 5) is 4.71. The van der Waals surface area contributed by atoms with Crippen molar-refractivity contribution in [2.24, 2.45) is 22.2 Å². The highest BCUT2D eigenvalue weighted by Crippen LogP contribution is 2.62. The average molecular weight is 356 g/mol. The van der Waals surface area contributed by atoms with E-state index in [1.807, 2.05) is 0 Å². The zero-order chi connectivity index (χ0) is 16.8. The minimum atomic E-state index is -2.82. The van der Waals surface area contributed by atoms with Gasteiger partial charge in [0.2, 0.25) is 0 Å². The molecule has 0 bridgehead atoms. The number of hydrogen-bond donors (Lipinski definition) is 2. The standard InChI is InChI=1S/C17H29N3O3S/c1-2-18-16(19-10-12-5-9-24(21,22)11-12)20-14-13-4-8-23-15(13)17(14)6-3-7-17/h12-15H,2-11H2,1H3,(H2,18,19,20). The van der Waals surface area contributed by atoms with Gasteiger partial charge >= 0.3 is 0 Å². The van der Waals surface area contributed by atoms with Crippen LogP contribution >= 0.6 is 0 Å². The van der Waals surface area contributed by atoms with E-state index in [1.54, 1.807) is 0 Å². The highest BCUT2D eigenvalue weighted by Gasteiger charge is 2.66. The minimum Gasteiger partial charge on any atom is -0.377 e. The first-order valence-electron chi connectivity index (χ1n) is 9.41. The van der Waals surface area contributed by atoms with Crippen LogP contribution in [0.2, 0.25) is 0 Å². The molecule has 2 heterocycles. The van der Waals surface area contributed by atoms with E-state index < -0.39 is 9.84 Å². The molecule has 4 fully saturated rings. The van der Waals surface area contributed by atoms with E-state index in [0.29, 0.717) is 41.5 Å². The van der Waals surface area contributed by atoms with E-state index in [-0.39, 0.29) is 5.92 Å². The van der Waals surface area contributed by atoms with E-state index >= 15 is 0 Å². The van der Waals surface area contributed by atoms with Crippen LogP contribution in [0.5, 0.6) is 0 Å². The van der Waals surface area contributed by atoms with Gasteiger partial charge in [0.25, 0.3) is 0 Å². The molecule has 2 saturated carbocycles. The third kappa shape index (κ3) is 2.73. The maximum atomic E-state index is 11.6. The molecule has 4 atom stereocenters. The molecule has 4 unspecified atom stereocenters. The Bertz CT molecular complexity index is 615. The zero-order valence-electron chi connectivity index (χ0n) is 14.5. The fourth-order valence-corrected chi connectivity index (χ4v) is 7.01. The highest BCUT2D eigenvalue weighted by molar-refractivity contribution is 7.91. The fraction of sp³-hybridized carbons (Fsp3) is 0.941. The monoisotopic (exact) mass is 355 g/mol. The Kier molecular flexibility index (Phi) is 4.27. The normalized spacial score (nSPS) is 39.1. The number of fused-ring (bicyclic) bond motifs is 2. The van der Waals surface area contributed by atoms with Gasteiger partial charge in [0.05, 0.1) is 17.6 Å². The van der Waals surface area contributed by atoms with Crippen LogP contribution in [0, 0.1) is 17.3 Å². The predicted molar refractivity (Wildman–Crippen MR) is 93.8 cm³/mol. The molecule has 0 aromatic rings. The lowest BCUT2D eigenvalue weighted by Crippen LogP contribution is -2.72. The van der Waals surface area contributed by atoms with Crippen molar-refractivity contribution in [3.8, 4) is 0 Å². The number of guanidine groups is 1. The summed E-state index contributed by atoms with van der Waals surface area (Å²) in [6, 6.07) is 0.462. The summed E-state index contributed by atoms with van der Waals surface area (Å²) in [5.74, 6) is 2.25. The lowest BCUT2D eigenvalue weighted by atomic mass is 9.46. The number of hydrogen-bond acceptors (Lipinski definition) is 4. The van der Waals surface area contributed by atoms with E-state index in [4.69, 9.17) is 9.73 Å². The van der Waals surface area contributed by atoms with Gasteiger partial charge in [0.15, 0.2) is 15.8 Å². The van der Waals surface area contributed by atoms with Crippen LogP contribution < -0.4 is 10.6 Å². The number of ether oxygens (including phenoxy) is 1. The second-order valence-corrected chi connectivity index (χ2v) is 10.2. The van der Waals surface area contributed by atoms with Crippen LogP contribution in [0.25, 0.3) is 0 Å². The molecular formula is C17H29N3O3S. The van der Waals surface area contributed by atoms with Crippen molar-refractivity contribution >= 4 is 15.8 Å². The van der Waals surface area contributed by atoms with Gasteiger partial charge in [-0.3, -0.25) is 4.99 Å². The summed E-state index contributed by atoms with van der Waals surface area (Å²) in [5.41, 5.74) is 0.327. The molecule has 6 nitrogen and oxygen atoms in total. The lowest BCUT2D eigenvalue weighted by molar-refractivity contribution is -0.171. The first-order valence-corrected chi connectivity index (χ1v) is 11.2. The van der Waals surface area contributed by atoms with Crippen molar-refractivity contribution in [1.82, 2.24) is 10.6 Å². The van der Waals surface area contributed by atoms with Crippen LogP contribution in [0.4, 0.5) is 0 Å². The van der Waals surface area contributed by atoms with Gasteiger partial charge in [-0.2, -0.15) is 0 Å². The molecule has 24 heavy (non-hydrogen) atoms. The smallest absolute Gasteiger partial charge is 0.191 e. The van der Waals surface area contributed by atoms with Gasteiger partial charge in [-0.05, 0) is 38.5 Å². The third-order valence-corrected chi connectivity index (χ3v) is 8.34. The summed E-state index contributed by atoms with van der Waals surface area (Å²) >= 11 is 0. The quantitative estimate of drug-likeness (QED) is 0.579. The number of sulfone groups is 1. The molecule has 0 radical (unpaired) electrons. The molecule has 2 aliphatic carbocycles. The van der Waals surface area contributed by atoms with E-state index in [1.165, 1.54) is 19.3 Å². The summed E-state index contributed by atoms with van der Waals surface area (Å²) in [6.07, 6.45) is 6.16. The summed E-state index contributed by atoms with van der Waals surface area (Å²) < 4.78 is 29.2. The van der Waals surface area contributed by atoms with E-state index in [0.717, 1.165) is 32.0 Å². The van der Waals surface area contributed by atoms with E-state index in [2.05, 4.69) is 17.6 Å². The van der Waals surface area contributed by atoms with Gasteiger partial charge in [0, 0.05) is 37.1 Å². The van der Waals surface area contributed by atoms with Crippen LogP contribution in [0.15, 0.2) is 4.99 Å². The average Bonchev–Trinajstić information content (AvgIpc) is 3.05. The molecule has 2 aliphatic heterocycles. The molecular weight excluding hydrogens is 326 g/mol. The van der Waals surface area contributed by atoms with Crippen LogP contribution in [0.1, 0.15) is 39.0 Å². The maximum absolute atomic E-state index is 11.6. The first kappa shape index (κ1) is 16.6. The molecule has 2 N–H and O–H groups in total. The Morgan fingerprint density at radius 3 is 2.79 bits per heavy atom. The Labute approximate surface area is 144 Å². The number of rotatable bonds is 4. The lowest BCUT2D eigenvalue weighted by Gasteiger charge is -2.63. The van der Waals surface area contributed by atoms with E-state index in [9.17, 15) is 8.42 Å². The molecule has 0 amide bonds. The maximum Gasteiger partial charge on any atom is 0.191 e. The minimum absolute atomic E-state index is 0.173. The molecule has 4 aliphatic rings. The second kappa shape index (κ2) is 6.16. The number of nitrogens with one attached hydrogen (secondary N) is 2. The fourth-order valence-electron chi connectivity index (χ4n) is 5.16. The van der Waals surface area contributed by atoms with Crippen molar-refractivity contribution in [1.29, 1.82) is 0 Å². The predicted octanol–water partition coefficient (Wildman–Crippen LogP) is 0.934. The molecule has 4 rings (SSSR count). The Morgan fingerprint density at radius 2 is 2.17 bits per heavy atom. The summed E-state index contributed by atoms with van der Waals surface area (Å²) in [5, 5.41) is 7.01. The van der Waals surface area contributed by atoms with Crippen molar-refractivity contribution in [3.05, 3.63) is 0 Å². The molecule has 136 valence electrons. The Morgan fingerprint density at radius 1 is 1.33 bits per heavy atom. The third-order valence-electron chi connectivity index (χ3n) is 6.51. The van der Waals surface area contributed by atoms with Crippen LogP contribution in [-0.4, -0.2) is 57.7 Å². The van der Waals surface area contributed by atoms with Crippen molar-refractivity contribution in [2.75, 3.05) is 31.2 Å². The topological polar surface area (TPSA) is 79.8 Å². The largest absolute Gasteiger partial charge is 0.377 e. The van der Waals surface area contributed by atoms with Gasteiger partial charge in [-0.1, -0.05) is 6.42 Å². The molecule has 0 aromatic carbocycles. The molecule has 0 aromatic heterocycles. The highest BCUT2D eigenvalue weighted by atomic mass is 32.2. The molecule has 1 spiro atoms. The first-order chi connectivity index (χ1) is 11.5. The van der Waals surface area contributed by atoms with Gasteiger partial charge in [-0.25, -0.2) is 8.42 Å². The van der Waals surface area contributed by atoms with Gasteiger partial charge in [0.1, 0.15) is 0 Å². The summed E-state index contributed by atoms with van der Waals surface area (Å²) in [7, 11) is -2.82. The van der Waals surface area contributed by atoms with Crippen molar-refractivity contribution < 1.29 is 13.2 Å². The Hall–Kier alpha value is -0.820. The van der Waals surface area contributed by atoms with Crippen LogP contribution in [0.3, 0.4) is 0 Å². The van der Waals surface area contributed by atoms with Crippen molar-refractivity contribution in [3.63, 3.8) is 0 Å². The SMILES string of the molecule is CCNC(=NCC1CCS(=O)(=O)C1)NC1C2CCOC2C12CCC2.